The summed E-state index contributed by atoms with van der Waals surface area (Å²) in [5, 5.41) is 9.05. The summed E-state index contributed by atoms with van der Waals surface area (Å²) in [5.41, 5.74) is 0.406. The molecule has 0 fully saturated rings. The lowest BCUT2D eigenvalue weighted by atomic mass is 10.1. The van der Waals surface area contributed by atoms with Gasteiger partial charge in [0.2, 0.25) is 6.29 Å². The first-order valence-electron chi connectivity index (χ1n) is 3.72. The summed E-state index contributed by atoms with van der Waals surface area (Å²) in [4.78, 5) is 10.4. The van der Waals surface area contributed by atoms with Gasteiger partial charge in [-0.05, 0) is 6.07 Å². The molecule has 2 aromatic rings. The smallest absolute Gasteiger partial charge is 0.233 e. The van der Waals surface area contributed by atoms with E-state index in [1.54, 1.807) is 24.5 Å². The molecule has 0 N–H and O–H groups in total. The highest BCUT2D eigenvalue weighted by Gasteiger charge is 2.06. The fourth-order valence-electron chi connectivity index (χ4n) is 1.15. The monoisotopic (exact) mass is 225 g/mol. The number of carbonyl (C=O) groups excluding carboxylic acids is 1. The number of halogens is 2. The van der Waals surface area contributed by atoms with Crippen LogP contribution in [0.15, 0.2) is 18.2 Å². The Morgan fingerprint density at radius 2 is 1.71 bits per heavy atom. The second kappa shape index (κ2) is 3.52. The van der Waals surface area contributed by atoms with Crippen LogP contribution in [0.25, 0.3) is 10.8 Å². The molecule has 0 unspecified atom stereocenters. The van der Waals surface area contributed by atoms with E-state index in [1.165, 1.54) is 0 Å². The molecule has 0 aliphatic rings. The minimum absolute atomic E-state index is 0.224. The van der Waals surface area contributed by atoms with Crippen LogP contribution in [0.2, 0.25) is 10.3 Å². The molecule has 0 saturated carbocycles. The van der Waals surface area contributed by atoms with Gasteiger partial charge in [0.05, 0.1) is 0 Å². The highest BCUT2D eigenvalue weighted by Crippen LogP contribution is 2.26. The average Bonchev–Trinajstić information content (AvgIpc) is 2.23. The molecule has 5 heteroatoms. The summed E-state index contributed by atoms with van der Waals surface area (Å²) < 4.78 is 0. The first kappa shape index (κ1) is 9.37. The first-order chi connectivity index (χ1) is 6.72. The number of hydrogen-bond acceptors (Lipinski definition) is 3. The molecule has 1 heterocycles. The van der Waals surface area contributed by atoms with E-state index in [9.17, 15) is 4.79 Å². The van der Waals surface area contributed by atoms with Crippen LogP contribution in [0.4, 0.5) is 0 Å². The Kier molecular flexibility index (Phi) is 2.35. The Bertz CT molecular complexity index is 513. The molecular formula is C9H3Cl2N2O. The summed E-state index contributed by atoms with van der Waals surface area (Å²) in [6, 6.07) is 4.84. The van der Waals surface area contributed by atoms with Gasteiger partial charge in [0.25, 0.3) is 0 Å². The predicted octanol–water partition coefficient (Wildman–Crippen LogP) is 2.39. The first-order valence-corrected chi connectivity index (χ1v) is 4.47. The van der Waals surface area contributed by atoms with Crippen LogP contribution < -0.4 is 0 Å². The van der Waals surface area contributed by atoms with Crippen LogP contribution in [0.5, 0.6) is 0 Å². The second-order valence-corrected chi connectivity index (χ2v) is 3.36. The van der Waals surface area contributed by atoms with Crippen molar-refractivity contribution in [2.24, 2.45) is 0 Å². The topological polar surface area (TPSA) is 42.9 Å². The van der Waals surface area contributed by atoms with Gasteiger partial charge in [-0.3, -0.25) is 4.79 Å². The molecule has 0 saturated heterocycles. The maximum Gasteiger partial charge on any atom is 0.233 e. The molecule has 0 spiro atoms. The summed E-state index contributed by atoms with van der Waals surface area (Å²) >= 11 is 11.6. The molecule has 2 rings (SSSR count). The van der Waals surface area contributed by atoms with Crippen molar-refractivity contribution in [2.45, 2.75) is 0 Å². The van der Waals surface area contributed by atoms with Crippen molar-refractivity contribution in [1.82, 2.24) is 10.2 Å². The van der Waals surface area contributed by atoms with E-state index >= 15 is 0 Å². The Balaban J connectivity index is 2.86. The van der Waals surface area contributed by atoms with E-state index in [2.05, 4.69) is 10.2 Å². The van der Waals surface area contributed by atoms with Crippen molar-refractivity contribution in [3.63, 3.8) is 0 Å². The molecule has 0 aliphatic heterocycles. The van der Waals surface area contributed by atoms with Gasteiger partial charge in [-0.25, -0.2) is 0 Å². The van der Waals surface area contributed by atoms with Crippen LogP contribution >= 0.6 is 23.2 Å². The number of hydrogen-bond donors (Lipinski definition) is 0. The number of aromatic nitrogens is 2. The molecule has 69 valence electrons. The molecule has 0 aliphatic carbocycles. The Labute approximate surface area is 89.7 Å². The van der Waals surface area contributed by atoms with Crippen LogP contribution in [0, 0.1) is 0 Å². The second-order valence-electron chi connectivity index (χ2n) is 2.64. The highest BCUT2D eigenvalue weighted by molar-refractivity contribution is 6.38. The normalized spacial score (nSPS) is 10.4. The molecule has 0 bridgehead atoms. The molecule has 1 radical (unpaired) electrons. The Hall–Kier alpha value is -1.19. The third kappa shape index (κ3) is 1.45. The molecular weight excluding hydrogens is 223 g/mol. The predicted molar refractivity (Wildman–Crippen MR) is 54.4 cm³/mol. The van der Waals surface area contributed by atoms with Crippen molar-refractivity contribution in [2.75, 3.05) is 0 Å². The fraction of sp³-hybridized carbons (Fsp3) is 0. The maximum absolute atomic E-state index is 10.4. The zero-order valence-electron chi connectivity index (χ0n) is 6.79. The van der Waals surface area contributed by atoms with Gasteiger partial charge >= 0.3 is 0 Å². The third-order valence-electron chi connectivity index (χ3n) is 1.81. The quantitative estimate of drug-likeness (QED) is 0.749. The van der Waals surface area contributed by atoms with E-state index in [0.717, 1.165) is 0 Å². The fourth-order valence-corrected chi connectivity index (χ4v) is 1.55. The molecule has 1 aromatic carbocycles. The van der Waals surface area contributed by atoms with Crippen LogP contribution in [-0.2, 0) is 4.79 Å². The van der Waals surface area contributed by atoms with Crippen LogP contribution in [-0.4, -0.2) is 16.5 Å². The summed E-state index contributed by atoms with van der Waals surface area (Å²) in [5.74, 6) is 0. The number of fused-ring (bicyclic) bond motifs is 1. The van der Waals surface area contributed by atoms with Crippen LogP contribution in [0.3, 0.4) is 0 Å². The van der Waals surface area contributed by atoms with Gasteiger partial charge in [-0.1, -0.05) is 35.3 Å². The number of rotatable bonds is 1. The SMILES string of the molecule is O=[C]c1ccc2c(Cl)nnc(Cl)c2c1. The standard InChI is InChI=1S/C9H3Cl2N2O/c10-8-6-2-1-5(4-14)3-7(6)9(11)13-12-8/h1-3H. The molecule has 0 atom stereocenters. The van der Waals surface area contributed by atoms with Gasteiger partial charge in [0, 0.05) is 16.3 Å². The Morgan fingerprint density at radius 3 is 2.36 bits per heavy atom. The summed E-state index contributed by atoms with van der Waals surface area (Å²) in [6.45, 7) is 0. The van der Waals surface area contributed by atoms with E-state index < -0.39 is 0 Å². The van der Waals surface area contributed by atoms with E-state index in [-0.39, 0.29) is 10.3 Å². The van der Waals surface area contributed by atoms with Gasteiger partial charge in [-0.15, -0.1) is 10.2 Å². The van der Waals surface area contributed by atoms with Crippen molar-refractivity contribution in [1.29, 1.82) is 0 Å². The minimum Gasteiger partial charge on any atom is -0.285 e. The van der Waals surface area contributed by atoms with Crippen molar-refractivity contribution in [3.05, 3.63) is 34.1 Å². The zero-order valence-corrected chi connectivity index (χ0v) is 8.30. The lowest BCUT2D eigenvalue weighted by Gasteiger charge is -2.00. The maximum atomic E-state index is 10.4. The van der Waals surface area contributed by atoms with E-state index in [1.807, 2.05) is 0 Å². The van der Waals surface area contributed by atoms with Crippen molar-refractivity contribution < 1.29 is 4.79 Å². The van der Waals surface area contributed by atoms with Crippen molar-refractivity contribution >= 4 is 40.3 Å². The molecule has 1 aromatic heterocycles. The molecule has 14 heavy (non-hydrogen) atoms. The van der Waals surface area contributed by atoms with E-state index in [4.69, 9.17) is 23.2 Å². The Morgan fingerprint density at radius 1 is 1.07 bits per heavy atom. The van der Waals surface area contributed by atoms with Gasteiger partial charge in [-0.2, -0.15) is 0 Å². The summed E-state index contributed by atoms with van der Waals surface area (Å²) in [6.07, 6.45) is 1.77. The largest absolute Gasteiger partial charge is 0.285 e. The van der Waals surface area contributed by atoms with Crippen molar-refractivity contribution in [3.8, 4) is 0 Å². The van der Waals surface area contributed by atoms with Gasteiger partial charge < -0.3 is 0 Å². The average molecular weight is 226 g/mol. The van der Waals surface area contributed by atoms with E-state index in [0.29, 0.717) is 16.3 Å². The van der Waals surface area contributed by atoms with Gasteiger partial charge in [0.15, 0.2) is 10.3 Å². The summed E-state index contributed by atoms with van der Waals surface area (Å²) in [7, 11) is 0. The third-order valence-corrected chi connectivity index (χ3v) is 2.37. The minimum atomic E-state index is 0.224. The number of nitrogens with zero attached hydrogens (tertiary/aromatic N) is 2. The lowest BCUT2D eigenvalue weighted by Crippen LogP contribution is -1.88. The molecule has 3 nitrogen and oxygen atoms in total. The zero-order chi connectivity index (χ0) is 10.1. The lowest BCUT2D eigenvalue weighted by molar-refractivity contribution is 0.563. The highest BCUT2D eigenvalue weighted by atomic mass is 35.5. The van der Waals surface area contributed by atoms with Crippen LogP contribution in [0.1, 0.15) is 5.56 Å². The van der Waals surface area contributed by atoms with Gasteiger partial charge in [0.1, 0.15) is 0 Å². The number of benzene rings is 1. The molecule has 0 amide bonds.